The Labute approximate surface area is 174 Å². The molecule has 9 nitrogen and oxygen atoms in total. The molecule has 0 radical (unpaired) electrons. The zero-order valence-corrected chi connectivity index (χ0v) is 17.5. The molecule has 5 atom stereocenters. The molecule has 2 heterocycles. The number of aliphatic carboxylic acids is 1. The molecule has 1 aromatic rings. The van der Waals surface area contributed by atoms with E-state index in [-0.39, 0.29) is 31.2 Å². The molecule has 168 valence electrons. The first kappa shape index (κ1) is 23.8. The number of halogens is 1. The van der Waals surface area contributed by atoms with E-state index in [0.29, 0.717) is 25.1 Å². The van der Waals surface area contributed by atoms with Gasteiger partial charge in [-0.3, -0.25) is 19.3 Å². The molecule has 0 spiro atoms. The number of aromatic nitrogens is 1. The Morgan fingerprint density at radius 1 is 1.43 bits per heavy atom. The molecule has 2 N–H and O–H groups in total. The van der Waals surface area contributed by atoms with Crippen LogP contribution in [0.15, 0.2) is 16.8 Å². The number of carbonyl (C=O) groups excluding carboxylic acids is 2. The zero-order chi connectivity index (χ0) is 22.3. The van der Waals surface area contributed by atoms with Gasteiger partial charge < -0.3 is 19.7 Å². The van der Waals surface area contributed by atoms with Crippen LogP contribution in [0.4, 0.5) is 4.39 Å². The lowest BCUT2D eigenvalue weighted by atomic mass is 9.96. The van der Waals surface area contributed by atoms with Crippen LogP contribution in [0.25, 0.3) is 0 Å². The number of nitrogens with one attached hydrogen (secondary N) is 1. The molecular formula is C20H30FN3O6. The predicted molar refractivity (Wildman–Crippen MR) is 104 cm³/mol. The van der Waals surface area contributed by atoms with E-state index in [0.717, 1.165) is 0 Å². The number of rotatable bonds is 11. The van der Waals surface area contributed by atoms with Gasteiger partial charge >= 0.3 is 11.9 Å². The van der Waals surface area contributed by atoms with Crippen molar-refractivity contribution in [1.29, 1.82) is 0 Å². The van der Waals surface area contributed by atoms with Gasteiger partial charge in [-0.25, -0.2) is 4.39 Å². The van der Waals surface area contributed by atoms with Crippen LogP contribution >= 0.6 is 0 Å². The van der Waals surface area contributed by atoms with Crippen molar-refractivity contribution in [3.63, 3.8) is 0 Å². The molecule has 1 amide bonds. The number of ether oxygens (including phenoxy) is 1. The van der Waals surface area contributed by atoms with E-state index in [2.05, 4.69) is 10.5 Å². The van der Waals surface area contributed by atoms with Crippen LogP contribution in [-0.4, -0.2) is 64.5 Å². The Kier molecular flexibility index (Phi) is 8.76. The number of nitrogens with zero attached hydrogens (tertiary/aromatic N) is 2. The Morgan fingerprint density at radius 2 is 2.17 bits per heavy atom. The highest BCUT2D eigenvalue weighted by Gasteiger charge is 2.51. The lowest BCUT2D eigenvalue weighted by Gasteiger charge is -2.31. The van der Waals surface area contributed by atoms with E-state index in [1.165, 1.54) is 18.0 Å². The van der Waals surface area contributed by atoms with Crippen LogP contribution in [0.1, 0.15) is 58.1 Å². The standard InChI is InChI=1S/C20H30FN3O6/c1-4-6-17(21)29-20(28)18-14(16-7-8-23-30-16)9-15(19(26)27)24(18)11-13(5-2)10-22-12(3)25/h7-8,13-15,17-18H,4-6,9-11H2,1-3H3,(H,22,25)(H,26,27). The predicted octanol–water partition coefficient (Wildman–Crippen LogP) is 2.09. The first-order valence-electron chi connectivity index (χ1n) is 10.3. The number of hydrogen-bond acceptors (Lipinski definition) is 7. The number of hydrogen-bond donors (Lipinski definition) is 2. The number of amides is 1. The smallest absolute Gasteiger partial charge is 0.326 e. The molecule has 1 aromatic heterocycles. The second-order valence-electron chi connectivity index (χ2n) is 7.60. The first-order chi connectivity index (χ1) is 14.3. The highest BCUT2D eigenvalue weighted by Crippen LogP contribution is 2.39. The van der Waals surface area contributed by atoms with E-state index >= 15 is 0 Å². The van der Waals surface area contributed by atoms with Crippen molar-refractivity contribution in [3.8, 4) is 0 Å². The second-order valence-corrected chi connectivity index (χ2v) is 7.60. The van der Waals surface area contributed by atoms with E-state index in [4.69, 9.17) is 9.26 Å². The summed E-state index contributed by atoms with van der Waals surface area (Å²) in [4.78, 5) is 37.7. The van der Waals surface area contributed by atoms with Crippen LogP contribution in [0, 0.1) is 5.92 Å². The fourth-order valence-corrected chi connectivity index (χ4v) is 3.81. The Morgan fingerprint density at radius 3 is 2.70 bits per heavy atom. The number of carbonyl (C=O) groups is 3. The van der Waals surface area contributed by atoms with Crippen molar-refractivity contribution in [2.75, 3.05) is 13.1 Å². The molecule has 2 rings (SSSR count). The molecule has 1 aliphatic rings. The van der Waals surface area contributed by atoms with Crippen molar-refractivity contribution in [3.05, 3.63) is 18.0 Å². The molecule has 0 saturated carbocycles. The summed E-state index contributed by atoms with van der Waals surface area (Å²) < 4.78 is 24.2. The fraction of sp³-hybridized carbons (Fsp3) is 0.700. The molecule has 5 unspecified atom stereocenters. The van der Waals surface area contributed by atoms with Gasteiger partial charge in [-0.2, -0.15) is 0 Å². The first-order valence-corrected chi connectivity index (χ1v) is 10.3. The largest absolute Gasteiger partial charge is 0.480 e. The number of carboxylic acids is 1. The lowest BCUT2D eigenvalue weighted by Crippen LogP contribution is -2.49. The van der Waals surface area contributed by atoms with Crippen LogP contribution < -0.4 is 5.32 Å². The highest BCUT2D eigenvalue weighted by molar-refractivity contribution is 5.82. The van der Waals surface area contributed by atoms with E-state index in [1.807, 2.05) is 6.92 Å². The summed E-state index contributed by atoms with van der Waals surface area (Å²) in [7, 11) is 0. The van der Waals surface area contributed by atoms with Gasteiger partial charge in [0.2, 0.25) is 12.3 Å². The normalized spacial score (nSPS) is 23.7. The number of likely N-dealkylation sites (tertiary alicyclic amines) is 1. The van der Waals surface area contributed by atoms with Gasteiger partial charge in [-0.15, -0.1) is 0 Å². The van der Waals surface area contributed by atoms with Crippen molar-refractivity contribution < 1.29 is 33.1 Å². The molecule has 10 heteroatoms. The maximum atomic E-state index is 14.0. The molecule has 1 fully saturated rings. The number of esters is 1. The number of carboxylic acid groups (broad SMARTS) is 1. The Hall–Kier alpha value is -2.49. The van der Waals surface area contributed by atoms with Crippen LogP contribution in [-0.2, 0) is 19.1 Å². The fourth-order valence-electron chi connectivity index (χ4n) is 3.81. The summed E-state index contributed by atoms with van der Waals surface area (Å²) in [6.07, 6.45) is 0.973. The SMILES string of the molecule is CCCC(F)OC(=O)C1C(c2ccno2)CC(C(=O)O)N1CC(CC)CNC(C)=O. The molecule has 0 aliphatic carbocycles. The van der Waals surface area contributed by atoms with Crippen LogP contribution in [0.5, 0.6) is 0 Å². The van der Waals surface area contributed by atoms with Gasteiger partial charge in [0.25, 0.3) is 0 Å². The molecule has 0 bridgehead atoms. The average Bonchev–Trinajstić information content (AvgIpc) is 3.32. The summed E-state index contributed by atoms with van der Waals surface area (Å²) in [5.41, 5.74) is 0. The molecule has 1 aliphatic heterocycles. The van der Waals surface area contributed by atoms with Crippen LogP contribution in [0.3, 0.4) is 0 Å². The third kappa shape index (κ3) is 6.01. The second kappa shape index (κ2) is 11.1. The van der Waals surface area contributed by atoms with Crippen molar-refractivity contribution in [2.45, 2.75) is 70.8 Å². The summed E-state index contributed by atoms with van der Waals surface area (Å²) >= 11 is 0. The molecule has 0 aromatic carbocycles. The van der Waals surface area contributed by atoms with E-state index < -0.39 is 36.3 Å². The van der Waals surface area contributed by atoms with Gasteiger partial charge in [0, 0.05) is 38.4 Å². The average molecular weight is 427 g/mol. The van der Waals surface area contributed by atoms with E-state index in [9.17, 15) is 23.9 Å². The van der Waals surface area contributed by atoms with Crippen molar-refractivity contribution in [1.82, 2.24) is 15.4 Å². The third-order valence-electron chi connectivity index (χ3n) is 5.41. The minimum absolute atomic E-state index is 0.0634. The summed E-state index contributed by atoms with van der Waals surface area (Å²) in [6, 6.07) is -0.435. The van der Waals surface area contributed by atoms with Crippen molar-refractivity contribution in [2.24, 2.45) is 5.92 Å². The molecule has 30 heavy (non-hydrogen) atoms. The third-order valence-corrected chi connectivity index (χ3v) is 5.41. The highest BCUT2D eigenvalue weighted by atomic mass is 19.1. The topological polar surface area (TPSA) is 122 Å². The van der Waals surface area contributed by atoms with Gasteiger partial charge in [0.1, 0.15) is 17.8 Å². The van der Waals surface area contributed by atoms with Gasteiger partial charge in [0.15, 0.2) is 0 Å². The van der Waals surface area contributed by atoms with Crippen LogP contribution in [0.2, 0.25) is 0 Å². The van der Waals surface area contributed by atoms with Gasteiger partial charge in [0.05, 0.1) is 6.20 Å². The summed E-state index contributed by atoms with van der Waals surface area (Å²) in [5.74, 6) is -2.49. The summed E-state index contributed by atoms with van der Waals surface area (Å²) in [6.45, 7) is 5.65. The quantitative estimate of drug-likeness (QED) is 0.515. The number of alkyl halides is 1. The molecular weight excluding hydrogens is 397 g/mol. The Bertz CT molecular complexity index is 713. The lowest BCUT2D eigenvalue weighted by molar-refractivity contribution is -0.166. The minimum atomic E-state index is -1.76. The monoisotopic (exact) mass is 427 g/mol. The van der Waals surface area contributed by atoms with Gasteiger partial charge in [-0.05, 0) is 18.8 Å². The Balaban J connectivity index is 2.32. The van der Waals surface area contributed by atoms with E-state index in [1.54, 1.807) is 13.0 Å². The zero-order valence-electron chi connectivity index (χ0n) is 17.5. The maximum absolute atomic E-state index is 14.0. The maximum Gasteiger partial charge on any atom is 0.326 e. The molecule has 1 saturated heterocycles. The summed E-state index contributed by atoms with van der Waals surface area (Å²) in [5, 5.41) is 16.2. The minimum Gasteiger partial charge on any atom is -0.480 e. The van der Waals surface area contributed by atoms with Crippen molar-refractivity contribution >= 4 is 17.8 Å². The van der Waals surface area contributed by atoms with Gasteiger partial charge in [-0.1, -0.05) is 25.4 Å².